The van der Waals surface area contributed by atoms with Crippen molar-refractivity contribution in [3.8, 4) is 0 Å². The van der Waals surface area contributed by atoms with Crippen molar-refractivity contribution in [1.29, 1.82) is 0 Å². The quantitative estimate of drug-likeness (QED) is 0.671. The maximum atomic E-state index is 13.0. The fourth-order valence-corrected chi connectivity index (χ4v) is 3.28. The van der Waals surface area contributed by atoms with Crippen LogP contribution in [-0.2, 0) is 17.5 Å². The van der Waals surface area contributed by atoms with Crippen LogP contribution in [0.15, 0.2) is 48.5 Å². The molecule has 3 aromatic rings. The summed E-state index contributed by atoms with van der Waals surface area (Å²) in [6, 6.07) is 13.6. The van der Waals surface area contributed by atoms with Gasteiger partial charge in [-0.3, -0.25) is 0 Å². The van der Waals surface area contributed by atoms with Gasteiger partial charge in [-0.15, -0.1) is 0 Å². The molecular weight excluding hydrogens is 329 g/mol. The molecular formula is C19H17F3N2O. The molecule has 4 rings (SSSR count). The fraction of sp³-hybridized carbons (Fsp3) is 0.316. The van der Waals surface area contributed by atoms with E-state index in [-0.39, 0.29) is 6.10 Å². The lowest BCUT2D eigenvalue weighted by Gasteiger charge is -2.14. The maximum Gasteiger partial charge on any atom is 0.416 e. The molecule has 1 aliphatic heterocycles. The third-order valence-corrected chi connectivity index (χ3v) is 4.51. The Labute approximate surface area is 143 Å². The van der Waals surface area contributed by atoms with E-state index in [9.17, 15) is 13.2 Å². The van der Waals surface area contributed by atoms with Gasteiger partial charge in [0.1, 0.15) is 11.9 Å². The van der Waals surface area contributed by atoms with Crippen molar-refractivity contribution < 1.29 is 17.9 Å². The molecule has 0 saturated carbocycles. The molecule has 6 heteroatoms. The van der Waals surface area contributed by atoms with Gasteiger partial charge in [0, 0.05) is 13.2 Å². The van der Waals surface area contributed by atoms with Gasteiger partial charge in [-0.2, -0.15) is 13.2 Å². The van der Waals surface area contributed by atoms with Gasteiger partial charge in [0.25, 0.3) is 0 Å². The Balaban J connectivity index is 1.83. The zero-order chi connectivity index (χ0) is 17.4. The third kappa shape index (κ3) is 3.14. The lowest BCUT2D eigenvalue weighted by molar-refractivity contribution is -0.137. The van der Waals surface area contributed by atoms with E-state index in [4.69, 9.17) is 4.74 Å². The van der Waals surface area contributed by atoms with Gasteiger partial charge in [0.2, 0.25) is 0 Å². The van der Waals surface area contributed by atoms with E-state index >= 15 is 0 Å². The SMILES string of the molecule is FC(F)(F)c1ccc2c(c1)nc(C1CCCO1)n2Cc1ccccc1. The van der Waals surface area contributed by atoms with Crippen molar-refractivity contribution >= 4 is 11.0 Å². The van der Waals surface area contributed by atoms with Crippen LogP contribution in [0, 0.1) is 0 Å². The molecule has 1 aliphatic rings. The molecule has 0 amide bonds. The highest BCUT2D eigenvalue weighted by molar-refractivity contribution is 5.77. The number of imidazole rings is 1. The van der Waals surface area contributed by atoms with Crippen molar-refractivity contribution in [2.24, 2.45) is 0 Å². The molecule has 1 fully saturated rings. The summed E-state index contributed by atoms with van der Waals surface area (Å²) in [5, 5.41) is 0. The van der Waals surface area contributed by atoms with E-state index in [1.165, 1.54) is 6.07 Å². The van der Waals surface area contributed by atoms with Crippen LogP contribution in [0.4, 0.5) is 13.2 Å². The predicted molar refractivity (Wildman–Crippen MR) is 88.2 cm³/mol. The average Bonchev–Trinajstić information content (AvgIpc) is 3.23. The van der Waals surface area contributed by atoms with E-state index in [0.29, 0.717) is 30.0 Å². The van der Waals surface area contributed by atoms with E-state index in [0.717, 1.165) is 30.5 Å². The minimum atomic E-state index is -4.37. The van der Waals surface area contributed by atoms with E-state index in [1.807, 2.05) is 34.9 Å². The fourth-order valence-electron chi connectivity index (χ4n) is 3.28. The minimum absolute atomic E-state index is 0.162. The molecule has 0 bridgehead atoms. The van der Waals surface area contributed by atoms with Crippen LogP contribution in [0.3, 0.4) is 0 Å². The van der Waals surface area contributed by atoms with Gasteiger partial charge < -0.3 is 9.30 Å². The summed E-state index contributed by atoms with van der Waals surface area (Å²) in [5.41, 5.74) is 1.45. The molecule has 0 spiro atoms. The van der Waals surface area contributed by atoms with Crippen molar-refractivity contribution in [2.75, 3.05) is 6.61 Å². The van der Waals surface area contributed by atoms with Crippen LogP contribution in [0.2, 0.25) is 0 Å². The summed E-state index contributed by atoms with van der Waals surface area (Å²) in [4.78, 5) is 4.50. The van der Waals surface area contributed by atoms with Crippen LogP contribution in [0.1, 0.15) is 35.9 Å². The second-order valence-electron chi connectivity index (χ2n) is 6.24. The molecule has 25 heavy (non-hydrogen) atoms. The molecule has 1 saturated heterocycles. The number of benzene rings is 2. The predicted octanol–water partition coefficient (Wildman–Crippen LogP) is 4.95. The molecule has 1 aromatic heterocycles. The van der Waals surface area contributed by atoms with Gasteiger partial charge in [-0.1, -0.05) is 30.3 Å². The van der Waals surface area contributed by atoms with Gasteiger partial charge in [-0.05, 0) is 36.6 Å². The average molecular weight is 346 g/mol. The number of ether oxygens (including phenoxy) is 1. The Morgan fingerprint density at radius 3 is 2.60 bits per heavy atom. The smallest absolute Gasteiger partial charge is 0.370 e. The van der Waals surface area contributed by atoms with Crippen LogP contribution in [-0.4, -0.2) is 16.2 Å². The maximum absolute atomic E-state index is 13.0. The minimum Gasteiger partial charge on any atom is -0.370 e. The topological polar surface area (TPSA) is 27.1 Å². The molecule has 0 aliphatic carbocycles. The Hall–Kier alpha value is -2.34. The first-order valence-electron chi connectivity index (χ1n) is 8.25. The van der Waals surface area contributed by atoms with E-state index in [1.54, 1.807) is 0 Å². The third-order valence-electron chi connectivity index (χ3n) is 4.51. The number of alkyl halides is 3. The molecule has 0 radical (unpaired) electrons. The normalized spacial score (nSPS) is 18.1. The summed E-state index contributed by atoms with van der Waals surface area (Å²) in [7, 11) is 0. The van der Waals surface area contributed by atoms with Gasteiger partial charge in [-0.25, -0.2) is 4.98 Å². The number of hydrogen-bond acceptors (Lipinski definition) is 2. The second-order valence-corrected chi connectivity index (χ2v) is 6.24. The monoisotopic (exact) mass is 346 g/mol. The largest absolute Gasteiger partial charge is 0.416 e. The molecule has 130 valence electrons. The first-order chi connectivity index (χ1) is 12.0. The van der Waals surface area contributed by atoms with E-state index in [2.05, 4.69) is 4.98 Å². The number of hydrogen-bond donors (Lipinski definition) is 0. The number of halogens is 3. The highest BCUT2D eigenvalue weighted by atomic mass is 19.4. The Bertz CT molecular complexity index is 881. The summed E-state index contributed by atoms with van der Waals surface area (Å²) >= 11 is 0. The Morgan fingerprint density at radius 2 is 1.92 bits per heavy atom. The standard InChI is InChI=1S/C19H17F3N2O/c20-19(21,22)14-8-9-16-15(11-14)23-18(17-7-4-10-25-17)24(16)12-13-5-2-1-3-6-13/h1-3,5-6,8-9,11,17H,4,7,10,12H2. The lowest BCUT2D eigenvalue weighted by Crippen LogP contribution is -2.09. The first kappa shape index (κ1) is 16.1. The van der Waals surface area contributed by atoms with E-state index < -0.39 is 11.7 Å². The molecule has 2 aromatic carbocycles. The number of fused-ring (bicyclic) bond motifs is 1. The lowest BCUT2D eigenvalue weighted by atomic mass is 10.2. The molecule has 1 atom stereocenters. The highest BCUT2D eigenvalue weighted by Crippen LogP contribution is 2.34. The summed E-state index contributed by atoms with van der Waals surface area (Å²) in [6.45, 7) is 1.21. The first-order valence-corrected chi connectivity index (χ1v) is 8.25. The zero-order valence-corrected chi connectivity index (χ0v) is 13.5. The second kappa shape index (κ2) is 6.19. The summed E-state index contributed by atoms with van der Waals surface area (Å²) in [5.74, 6) is 0.704. The van der Waals surface area contributed by atoms with Crippen LogP contribution in [0.25, 0.3) is 11.0 Å². The van der Waals surface area contributed by atoms with Crippen LogP contribution < -0.4 is 0 Å². The van der Waals surface area contributed by atoms with Gasteiger partial charge >= 0.3 is 6.18 Å². The van der Waals surface area contributed by atoms with Crippen LogP contribution >= 0.6 is 0 Å². The zero-order valence-electron chi connectivity index (χ0n) is 13.5. The highest BCUT2D eigenvalue weighted by Gasteiger charge is 2.32. The summed E-state index contributed by atoms with van der Waals surface area (Å²) in [6.07, 6.45) is -2.76. The van der Waals surface area contributed by atoms with Crippen molar-refractivity contribution in [2.45, 2.75) is 31.7 Å². The number of rotatable bonds is 3. The Morgan fingerprint density at radius 1 is 1.12 bits per heavy atom. The molecule has 0 N–H and O–H groups in total. The van der Waals surface area contributed by atoms with Crippen LogP contribution in [0.5, 0.6) is 0 Å². The number of nitrogens with zero attached hydrogens (tertiary/aromatic N) is 2. The number of aromatic nitrogens is 2. The van der Waals surface area contributed by atoms with Crippen molar-refractivity contribution in [3.63, 3.8) is 0 Å². The summed E-state index contributed by atoms with van der Waals surface area (Å²) < 4.78 is 46.7. The van der Waals surface area contributed by atoms with Crippen molar-refractivity contribution in [3.05, 3.63) is 65.5 Å². The molecule has 3 nitrogen and oxygen atoms in total. The molecule has 2 heterocycles. The Kier molecular flexibility index (Phi) is 4.00. The van der Waals surface area contributed by atoms with Crippen molar-refractivity contribution in [1.82, 2.24) is 9.55 Å². The molecule has 1 unspecified atom stereocenters. The van der Waals surface area contributed by atoms with Gasteiger partial charge in [0.05, 0.1) is 16.6 Å². The van der Waals surface area contributed by atoms with Gasteiger partial charge in [0.15, 0.2) is 0 Å².